The normalized spacial score (nSPS) is 28.5. The Labute approximate surface area is 208 Å². The molecular weight excluding hydrogens is 442 g/mol. The first-order chi connectivity index (χ1) is 17.0. The lowest BCUT2D eigenvalue weighted by Crippen LogP contribution is -2.54. The molecule has 0 radical (unpaired) electrons. The molecule has 2 saturated heterocycles. The van der Waals surface area contributed by atoms with Crippen LogP contribution < -0.4 is 9.47 Å². The molecule has 5 atom stereocenters. The standard InChI is InChI=1S/C29H37NO5/c1-18(31)35-24-10-7-19-8-11-28(33-2)25(13-19)26-14-20(9-12-29(26)34-3)27-17-23(32)15-21-5-4-6-22(16-24)30(21)27/h8-9,11-14,21-24,27,32H,4-7,10,15-17H2,1-3H3/t21-,22+,23+,24+,27-/m1/s1. The van der Waals surface area contributed by atoms with Crippen molar-refractivity contribution in [1.82, 2.24) is 4.90 Å². The highest BCUT2D eigenvalue weighted by Crippen LogP contribution is 2.46. The van der Waals surface area contributed by atoms with E-state index in [1.807, 2.05) is 12.1 Å². The van der Waals surface area contributed by atoms with Gasteiger partial charge in [0, 0.05) is 36.2 Å². The topological polar surface area (TPSA) is 68.2 Å². The SMILES string of the molecule is COc1ccc2cc1-c1cc(ccc1OC)[C@H]1C[C@@H](O)C[C@H]3CCC[C@@H](C[C@@H](OC(C)=O)CC2)N31. The lowest BCUT2D eigenvalue weighted by atomic mass is 9.80. The van der Waals surface area contributed by atoms with Gasteiger partial charge in [0.05, 0.1) is 20.3 Å². The zero-order valence-corrected chi connectivity index (χ0v) is 21.0. The number of carbonyl (C=O) groups is 1. The third kappa shape index (κ3) is 4.91. The lowest BCUT2D eigenvalue weighted by Gasteiger charge is -2.52. The lowest BCUT2D eigenvalue weighted by molar-refractivity contribution is -0.148. The van der Waals surface area contributed by atoms with E-state index in [9.17, 15) is 9.90 Å². The zero-order valence-electron chi connectivity index (χ0n) is 21.0. The number of carbonyl (C=O) groups excluding carboxylic acids is 1. The number of ether oxygens (including phenoxy) is 3. The molecule has 6 heteroatoms. The molecule has 188 valence electrons. The molecule has 0 saturated carbocycles. The van der Waals surface area contributed by atoms with Gasteiger partial charge in [-0.15, -0.1) is 0 Å². The van der Waals surface area contributed by atoms with Gasteiger partial charge in [0.1, 0.15) is 17.6 Å². The van der Waals surface area contributed by atoms with Gasteiger partial charge in [-0.05, 0) is 80.3 Å². The van der Waals surface area contributed by atoms with Crippen LogP contribution in [0.4, 0.5) is 0 Å². The van der Waals surface area contributed by atoms with Gasteiger partial charge < -0.3 is 19.3 Å². The quantitative estimate of drug-likeness (QED) is 0.621. The molecule has 0 amide bonds. The number of rotatable bonds is 3. The number of hydrogen-bond donors (Lipinski definition) is 1. The minimum Gasteiger partial charge on any atom is -0.496 e. The Kier molecular flexibility index (Phi) is 7.03. The number of aliphatic hydroxyl groups excluding tert-OH is 1. The van der Waals surface area contributed by atoms with E-state index in [0.29, 0.717) is 18.5 Å². The first-order valence-corrected chi connectivity index (χ1v) is 12.9. The van der Waals surface area contributed by atoms with E-state index in [1.54, 1.807) is 14.2 Å². The minimum absolute atomic E-state index is 0.103. The second-order valence-corrected chi connectivity index (χ2v) is 10.3. The second kappa shape index (κ2) is 10.2. The van der Waals surface area contributed by atoms with Crippen molar-refractivity contribution in [2.24, 2.45) is 0 Å². The molecule has 0 aromatic heterocycles. The molecule has 3 aliphatic heterocycles. The predicted molar refractivity (Wildman–Crippen MR) is 135 cm³/mol. The number of esters is 1. The average molecular weight is 480 g/mol. The highest BCUT2D eigenvalue weighted by Gasteiger charge is 2.42. The van der Waals surface area contributed by atoms with Crippen LogP contribution in [0.25, 0.3) is 11.1 Å². The largest absolute Gasteiger partial charge is 0.496 e. The van der Waals surface area contributed by atoms with Gasteiger partial charge in [-0.1, -0.05) is 18.6 Å². The van der Waals surface area contributed by atoms with Gasteiger partial charge in [0.25, 0.3) is 0 Å². The van der Waals surface area contributed by atoms with Crippen molar-refractivity contribution < 1.29 is 24.1 Å². The van der Waals surface area contributed by atoms with Crippen molar-refractivity contribution >= 4 is 5.97 Å². The summed E-state index contributed by atoms with van der Waals surface area (Å²) in [5, 5.41) is 10.9. The summed E-state index contributed by atoms with van der Waals surface area (Å²) in [6.07, 6.45) is 6.81. The maximum absolute atomic E-state index is 12.0. The fourth-order valence-electron chi connectivity index (χ4n) is 6.63. The van der Waals surface area contributed by atoms with E-state index < -0.39 is 0 Å². The van der Waals surface area contributed by atoms with E-state index in [1.165, 1.54) is 18.1 Å². The van der Waals surface area contributed by atoms with Crippen LogP contribution in [0.3, 0.4) is 0 Å². The van der Waals surface area contributed by atoms with E-state index >= 15 is 0 Å². The maximum atomic E-state index is 12.0. The number of aliphatic hydroxyl groups is 1. The van der Waals surface area contributed by atoms with Crippen LogP contribution in [-0.4, -0.2) is 54.5 Å². The first-order valence-electron chi connectivity index (χ1n) is 12.9. The Balaban J connectivity index is 1.67. The molecule has 2 aromatic carbocycles. The number of benzene rings is 2. The third-order valence-electron chi connectivity index (χ3n) is 8.10. The molecule has 3 heterocycles. The zero-order chi connectivity index (χ0) is 24.5. The fourth-order valence-corrected chi connectivity index (χ4v) is 6.63. The molecule has 0 unspecified atom stereocenters. The summed E-state index contributed by atoms with van der Waals surface area (Å²) in [6, 6.07) is 13.5. The Morgan fingerprint density at radius 2 is 1.60 bits per heavy atom. The van der Waals surface area contributed by atoms with Crippen molar-refractivity contribution in [3.63, 3.8) is 0 Å². The van der Waals surface area contributed by atoms with Crippen LogP contribution in [0.5, 0.6) is 11.5 Å². The van der Waals surface area contributed by atoms with Crippen LogP contribution in [0.2, 0.25) is 0 Å². The smallest absolute Gasteiger partial charge is 0.302 e. The molecule has 6 nitrogen and oxygen atoms in total. The van der Waals surface area contributed by atoms with Gasteiger partial charge in [0.15, 0.2) is 0 Å². The van der Waals surface area contributed by atoms with Crippen molar-refractivity contribution in [3.05, 3.63) is 47.5 Å². The van der Waals surface area contributed by atoms with Gasteiger partial charge in [-0.25, -0.2) is 0 Å². The monoisotopic (exact) mass is 479 g/mol. The Morgan fingerprint density at radius 1 is 0.914 bits per heavy atom. The summed E-state index contributed by atoms with van der Waals surface area (Å²) < 4.78 is 17.4. The summed E-state index contributed by atoms with van der Waals surface area (Å²) in [4.78, 5) is 14.6. The number of nitrogens with zero attached hydrogens (tertiary/aromatic N) is 1. The van der Waals surface area contributed by atoms with E-state index in [-0.39, 0.29) is 24.2 Å². The number of aryl methyl sites for hydroxylation is 1. The van der Waals surface area contributed by atoms with Gasteiger partial charge in [0.2, 0.25) is 0 Å². The van der Waals surface area contributed by atoms with Crippen molar-refractivity contribution in [1.29, 1.82) is 0 Å². The fraction of sp³-hybridized carbons (Fsp3) is 0.552. The van der Waals surface area contributed by atoms with Crippen LogP contribution in [0.15, 0.2) is 36.4 Å². The molecule has 3 aliphatic rings. The molecule has 4 bridgehead atoms. The summed E-state index contributed by atoms with van der Waals surface area (Å²) in [5.74, 6) is 1.39. The molecule has 0 spiro atoms. The maximum Gasteiger partial charge on any atom is 0.302 e. The third-order valence-corrected chi connectivity index (χ3v) is 8.10. The number of hydrogen-bond acceptors (Lipinski definition) is 6. The molecule has 5 rings (SSSR count). The first kappa shape index (κ1) is 24.1. The van der Waals surface area contributed by atoms with Gasteiger partial charge in [-0.3, -0.25) is 9.69 Å². The van der Waals surface area contributed by atoms with Crippen molar-refractivity contribution in [3.8, 4) is 22.6 Å². The molecule has 35 heavy (non-hydrogen) atoms. The van der Waals surface area contributed by atoms with Crippen molar-refractivity contribution in [2.45, 2.75) is 88.6 Å². The average Bonchev–Trinajstić information content (AvgIpc) is 2.85. The Morgan fingerprint density at radius 3 is 2.31 bits per heavy atom. The van der Waals surface area contributed by atoms with E-state index in [4.69, 9.17) is 14.2 Å². The van der Waals surface area contributed by atoms with Gasteiger partial charge >= 0.3 is 5.97 Å². The molecule has 2 fully saturated rings. The van der Waals surface area contributed by atoms with Crippen molar-refractivity contribution in [2.75, 3.05) is 14.2 Å². The van der Waals surface area contributed by atoms with Gasteiger partial charge in [-0.2, -0.15) is 0 Å². The summed E-state index contributed by atoms with van der Waals surface area (Å²) in [5.41, 5.74) is 4.37. The number of piperidine rings is 2. The second-order valence-electron chi connectivity index (χ2n) is 10.3. The summed E-state index contributed by atoms with van der Waals surface area (Å²) >= 11 is 0. The molecule has 2 aromatic rings. The number of fused-ring (bicyclic) bond motifs is 6. The number of methoxy groups -OCH3 is 2. The van der Waals surface area contributed by atoms with Crippen LogP contribution in [0.1, 0.15) is 69.0 Å². The van der Waals surface area contributed by atoms with Crippen LogP contribution in [-0.2, 0) is 16.0 Å². The highest BCUT2D eigenvalue weighted by atomic mass is 16.5. The van der Waals surface area contributed by atoms with E-state index in [0.717, 1.165) is 67.6 Å². The highest BCUT2D eigenvalue weighted by molar-refractivity contribution is 5.77. The minimum atomic E-state index is -0.316. The van der Waals surface area contributed by atoms with Crippen LogP contribution in [0, 0.1) is 0 Å². The molecule has 0 aliphatic carbocycles. The Bertz CT molecular complexity index is 1070. The summed E-state index contributed by atoms with van der Waals surface area (Å²) in [7, 11) is 3.40. The van der Waals surface area contributed by atoms with Crippen LogP contribution >= 0.6 is 0 Å². The Hall–Kier alpha value is -2.57. The predicted octanol–water partition coefficient (Wildman–Crippen LogP) is 5.06. The summed E-state index contributed by atoms with van der Waals surface area (Å²) in [6.45, 7) is 1.51. The molecular formula is C29H37NO5. The van der Waals surface area contributed by atoms with E-state index in [2.05, 4.69) is 29.2 Å². The molecule has 1 N–H and O–H groups in total.